The minimum absolute atomic E-state index is 0. The molecule has 1 saturated heterocycles. The highest BCUT2D eigenvalue weighted by Crippen LogP contribution is 2.29. The third kappa shape index (κ3) is 5.90. The Kier molecular flexibility index (Phi) is 10.1. The number of hydrogen-bond donors (Lipinski definition) is 1. The second-order valence-electron chi connectivity index (χ2n) is 8.40. The Hall–Kier alpha value is -3.74. The van der Waals surface area contributed by atoms with Crippen LogP contribution in [0.15, 0.2) is 53.3 Å². The minimum Gasteiger partial charge on any atom is -0.366 e. The number of aromatic nitrogens is 1. The first kappa shape index (κ1) is 28.5. The van der Waals surface area contributed by atoms with E-state index < -0.39 is 0 Å². The number of nitrogens with zero attached hydrogens (tertiary/aromatic N) is 5. The Labute approximate surface area is 211 Å². The van der Waals surface area contributed by atoms with Crippen molar-refractivity contribution in [3.8, 4) is 6.07 Å². The van der Waals surface area contributed by atoms with Crippen LogP contribution < -0.4 is 16.6 Å². The van der Waals surface area contributed by atoms with Crippen LogP contribution in [0.2, 0.25) is 0 Å². The van der Waals surface area contributed by atoms with Crippen LogP contribution in [0.25, 0.3) is 10.9 Å². The summed E-state index contributed by atoms with van der Waals surface area (Å²) < 4.78 is 14.9. The van der Waals surface area contributed by atoms with E-state index in [1.54, 1.807) is 9.47 Å². The van der Waals surface area contributed by atoms with Crippen molar-refractivity contribution in [1.82, 2.24) is 20.5 Å². The van der Waals surface area contributed by atoms with Crippen LogP contribution >= 0.6 is 0 Å². The third-order valence-electron chi connectivity index (χ3n) is 6.00. The van der Waals surface area contributed by atoms with Crippen molar-refractivity contribution in [2.24, 2.45) is 0 Å². The summed E-state index contributed by atoms with van der Waals surface area (Å²) in [6, 6.07) is 15.3. The van der Waals surface area contributed by atoms with Crippen molar-refractivity contribution in [3.63, 3.8) is 0 Å². The number of pyridine rings is 1. The van der Waals surface area contributed by atoms with Crippen molar-refractivity contribution < 1.29 is 9.18 Å². The maximum Gasteiger partial charge on any atom is 0.271 e. The number of para-hydroxylation sites is 1. The average molecular weight is 495 g/mol. The Bertz CT molecular complexity index is 1270. The van der Waals surface area contributed by atoms with Gasteiger partial charge in [-0.25, -0.2) is 4.39 Å². The van der Waals surface area contributed by atoms with Crippen molar-refractivity contribution in [2.45, 2.75) is 20.4 Å². The van der Waals surface area contributed by atoms with Gasteiger partial charge in [-0.3, -0.25) is 9.59 Å². The minimum atomic E-state index is -0.382. The van der Waals surface area contributed by atoms with Gasteiger partial charge >= 0.3 is 0 Å². The van der Waals surface area contributed by atoms with E-state index in [0.29, 0.717) is 50.5 Å². The van der Waals surface area contributed by atoms with E-state index in [1.165, 1.54) is 24.3 Å². The molecule has 1 aliphatic rings. The van der Waals surface area contributed by atoms with Gasteiger partial charge in [-0.05, 0) is 44.4 Å². The van der Waals surface area contributed by atoms with E-state index in [1.807, 2.05) is 62.0 Å². The maximum absolute atomic E-state index is 13.3. The van der Waals surface area contributed by atoms with Crippen molar-refractivity contribution >= 4 is 22.5 Å². The van der Waals surface area contributed by atoms with Gasteiger partial charge in [0.05, 0.1) is 11.2 Å². The molecule has 3 aromatic rings. The van der Waals surface area contributed by atoms with E-state index >= 15 is 0 Å². The lowest BCUT2D eigenvalue weighted by Crippen LogP contribution is -2.49. The molecule has 0 bridgehead atoms. The highest BCUT2D eigenvalue weighted by Gasteiger charge is 2.27. The number of carbonyl (C=O) groups excluding carboxylic acids is 1. The quantitative estimate of drug-likeness (QED) is 0.579. The largest absolute Gasteiger partial charge is 0.366 e. The Morgan fingerprint density at radius 1 is 1.03 bits per heavy atom. The van der Waals surface area contributed by atoms with Crippen LogP contribution in [-0.2, 0) is 6.54 Å². The molecule has 1 fully saturated rings. The molecule has 0 saturated carbocycles. The number of rotatable bonds is 5. The Balaban J connectivity index is 0.00000148. The first-order valence-electron chi connectivity index (χ1n) is 11.9. The van der Waals surface area contributed by atoms with Gasteiger partial charge in [0.15, 0.2) is 0 Å². The molecule has 8 nitrogen and oxygen atoms in total. The first-order chi connectivity index (χ1) is 16.9. The lowest BCUT2D eigenvalue weighted by Gasteiger charge is -2.37. The molecule has 1 aliphatic heterocycles. The zero-order chi connectivity index (χ0) is 25.5. The van der Waals surface area contributed by atoms with Crippen LogP contribution in [0, 0.1) is 17.1 Å². The normalized spacial score (nSPS) is 13.0. The molecule has 1 aromatic heterocycles. The van der Waals surface area contributed by atoms with Crippen molar-refractivity contribution in [3.05, 3.63) is 75.8 Å². The van der Waals surface area contributed by atoms with E-state index in [2.05, 4.69) is 6.07 Å². The number of carbonyl (C=O) groups is 1. The number of benzene rings is 2. The summed E-state index contributed by atoms with van der Waals surface area (Å²) in [5.74, 6) is -0.535. The molecule has 36 heavy (non-hydrogen) atoms. The number of fused-ring (bicyclic) bond motifs is 1. The molecule has 0 radical (unpaired) electrons. The third-order valence-corrected chi connectivity index (χ3v) is 6.00. The van der Waals surface area contributed by atoms with Crippen LogP contribution in [0.5, 0.6) is 0 Å². The predicted molar refractivity (Wildman–Crippen MR) is 142 cm³/mol. The van der Waals surface area contributed by atoms with E-state index in [4.69, 9.17) is 0 Å². The number of piperazine rings is 1. The standard InChI is InChI=1S/C25H26FN5O2.C2H6.H3N/c1-28(2)11-16-31-22-6-4-3-5-20(22)23(21(17-27)25(31)33)29-12-14-30(15-13-29)24(32)18-7-9-19(26)10-8-18;1-2;/h3-10H,11-16H2,1-2H3;1-2H3;1H3. The van der Waals surface area contributed by atoms with Gasteiger partial charge in [0.2, 0.25) is 0 Å². The predicted octanol–water partition coefficient (Wildman–Crippen LogP) is 3.72. The summed E-state index contributed by atoms with van der Waals surface area (Å²) in [5, 5.41) is 10.8. The molecule has 9 heteroatoms. The number of anilines is 1. The molecular formula is C27H35FN6O2. The smallest absolute Gasteiger partial charge is 0.271 e. The lowest BCUT2D eigenvalue weighted by molar-refractivity contribution is 0.0747. The zero-order valence-electron chi connectivity index (χ0n) is 21.5. The summed E-state index contributed by atoms with van der Waals surface area (Å²) in [4.78, 5) is 31.8. The fourth-order valence-corrected chi connectivity index (χ4v) is 4.25. The van der Waals surface area contributed by atoms with Crippen LogP contribution in [0.3, 0.4) is 0 Å². The number of hydrogen-bond acceptors (Lipinski definition) is 6. The first-order valence-corrected chi connectivity index (χ1v) is 11.9. The summed E-state index contributed by atoms with van der Waals surface area (Å²) >= 11 is 0. The molecule has 2 aromatic carbocycles. The number of nitriles is 1. The highest BCUT2D eigenvalue weighted by atomic mass is 19.1. The molecule has 0 unspecified atom stereocenters. The molecule has 3 N–H and O–H groups in total. The number of halogens is 1. The van der Waals surface area contributed by atoms with Gasteiger partial charge in [-0.1, -0.05) is 32.0 Å². The molecule has 0 atom stereocenters. The molecular weight excluding hydrogens is 459 g/mol. The summed E-state index contributed by atoms with van der Waals surface area (Å²) in [6.07, 6.45) is 0. The Morgan fingerprint density at radius 2 is 1.64 bits per heavy atom. The van der Waals surface area contributed by atoms with Gasteiger partial charge in [0, 0.05) is 50.2 Å². The van der Waals surface area contributed by atoms with E-state index in [-0.39, 0.29) is 29.0 Å². The van der Waals surface area contributed by atoms with Crippen LogP contribution in [0.4, 0.5) is 10.1 Å². The highest BCUT2D eigenvalue weighted by molar-refractivity contribution is 5.96. The zero-order valence-corrected chi connectivity index (χ0v) is 21.5. The van der Waals surface area contributed by atoms with Crippen molar-refractivity contribution in [1.29, 1.82) is 5.26 Å². The van der Waals surface area contributed by atoms with Gasteiger partial charge in [-0.15, -0.1) is 0 Å². The van der Waals surface area contributed by atoms with Crippen LogP contribution in [0.1, 0.15) is 29.8 Å². The second kappa shape index (κ2) is 12.8. The van der Waals surface area contributed by atoms with Gasteiger partial charge in [0.1, 0.15) is 17.4 Å². The van der Waals surface area contributed by atoms with Gasteiger partial charge in [-0.2, -0.15) is 5.26 Å². The molecule has 0 aliphatic carbocycles. The monoisotopic (exact) mass is 494 g/mol. The topological polar surface area (TPSA) is 108 Å². The lowest BCUT2D eigenvalue weighted by atomic mass is 10.1. The molecule has 4 rings (SSSR count). The molecule has 2 heterocycles. The molecule has 0 spiro atoms. The number of likely N-dealkylation sites (N-methyl/N-ethyl adjacent to an activating group) is 1. The summed E-state index contributed by atoms with van der Waals surface area (Å²) in [5.41, 5.74) is 1.70. The fraction of sp³-hybridized carbons (Fsp3) is 0.370. The Morgan fingerprint density at radius 3 is 2.22 bits per heavy atom. The SMILES string of the molecule is CC.CN(C)CCn1c(=O)c(C#N)c(N2CCN(C(=O)c3ccc(F)cc3)CC2)c2ccccc21.N. The summed E-state index contributed by atoms with van der Waals surface area (Å²) in [7, 11) is 3.89. The van der Waals surface area contributed by atoms with E-state index in [9.17, 15) is 19.2 Å². The maximum atomic E-state index is 13.3. The van der Waals surface area contributed by atoms with Gasteiger partial charge < -0.3 is 25.4 Å². The number of amides is 1. The summed E-state index contributed by atoms with van der Waals surface area (Å²) in [6.45, 7) is 7.04. The second-order valence-corrected chi connectivity index (χ2v) is 8.40. The molecule has 192 valence electrons. The van der Waals surface area contributed by atoms with Gasteiger partial charge in [0.25, 0.3) is 11.5 Å². The average Bonchev–Trinajstić information content (AvgIpc) is 2.88. The van der Waals surface area contributed by atoms with Crippen LogP contribution in [-0.4, -0.2) is 67.1 Å². The van der Waals surface area contributed by atoms with E-state index in [0.717, 1.165) is 10.9 Å². The fourth-order valence-electron chi connectivity index (χ4n) is 4.25. The van der Waals surface area contributed by atoms with Crippen molar-refractivity contribution in [2.75, 3.05) is 51.7 Å². The molecule has 1 amide bonds.